The number of carbonyl (C=O) groups excluding carboxylic acids is 3. The zero-order valence-electron chi connectivity index (χ0n) is 12.1. The lowest BCUT2D eigenvalue weighted by Gasteiger charge is -2.25. The van der Waals surface area contributed by atoms with E-state index in [1.165, 1.54) is 11.0 Å². The normalized spacial score (nSPS) is 20.9. The van der Waals surface area contributed by atoms with Crippen LogP contribution in [-0.2, 0) is 14.4 Å². The zero-order valence-corrected chi connectivity index (χ0v) is 12.1. The van der Waals surface area contributed by atoms with Gasteiger partial charge in [-0.1, -0.05) is 6.07 Å². The summed E-state index contributed by atoms with van der Waals surface area (Å²) in [5.41, 5.74) is -0.316. The molecule has 1 saturated carbocycles. The summed E-state index contributed by atoms with van der Waals surface area (Å²) < 4.78 is 27.1. The van der Waals surface area contributed by atoms with Gasteiger partial charge >= 0.3 is 0 Å². The minimum atomic E-state index is -0.849. The van der Waals surface area contributed by atoms with Crippen LogP contribution in [0.5, 0.6) is 0 Å². The van der Waals surface area contributed by atoms with Gasteiger partial charge in [0.25, 0.3) is 0 Å². The van der Waals surface area contributed by atoms with Crippen LogP contribution in [0.15, 0.2) is 24.3 Å². The van der Waals surface area contributed by atoms with Crippen LogP contribution in [0.3, 0.4) is 0 Å². The molecular weight excluding hydrogens is 306 g/mol. The van der Waals surface area contributed by atoms with Gasteiger partial charge in [-0.2, -0.15) is 0 Å². The average Bonchev–Trinajstić information content (AvgIpc) is 3.25. The Hall–Kier alpha value is -2.57. The molecule has 0 bridgehead atoms. The van der Waals surface area contributed by atoms with Crippen molar-refractivity contribution in [2.75, 3.05) is 0 Å². The molecule has 0 radical (unpaired) electrons. The predicted molar refractivity (Wildman–Crippen MR) is 76.8 cm³/mol. The number of rotatable bonds is 4. The standard InChI is InChI=1S/C16H14F2N2O3/c17-11-2-1-3-12(18)10(11)6-7-15(22)20(9-4-5-9)13-8-14(21)19-16(13)23/h1-3,6-7,9,13H,4-5,8H2,(H,19,21,23)/b7-6+/t13-/m0/s1. The van der Waals surface area contributed by atoms with E-state index in [1.807, 2.05) is 0 Å². The van der Waals surface area contributed by atoms with Crippen LogP contribution in [-0.4, -0.2) is 34.7 Å². The minimum absolute atomic E-state index is 0.0804. The highest BCUT2D eigenvalue weighted by Gasteiger charge is 2.43. The van der Waals surface area contributed by atoms with Crippen LogP contribution in [0.4, 0.5) is 8.78 Å². The van der Waals surface area contributed by atoms with Crippen molar-refractivity contribution in [2.45, 2.75) is 31.3 Å². The van der Waals surface area contributed by atoms with Crippen LogP contribution in [0, 0.1) is 11.6 Å². The van der Waals surface area contributed by atoms with Crippen molar-refractivity contribution in [3.05, 3.63) is 41.5 Å². The Kier molecular flexibility index (Phi) is 3.94. The van der Waals surface area contributed by atoms with Crippen LogP contribution in [0.2, 0.25) is 0 Å². The second kappa shape index (κ2) is 5.91. The SMILES string of the molecule is O=C1C[C@H](N(C(=O)/C=C/c2c(F)cccc2F)C2CC2)C(=O)N1. The monoisotopic (exact) mass is 320 g/mol. The molecule has 1 aromatic carbocycles. The molecule has 2 aliphatic rings. The number of hydrogen-bond donors (Lipinski definition) is 1. The zero-order chi connectivity index (χ0) is 16.6. The third kappa shape index (κ3) is 3.13. The van der Waals surface area contributed by atoms with Gasteiger partial charge in [0.15, 0.2) is 0 Å². The van der Waals surface area contributed by atoms with E-state index < -0.39 is 35.4 Å². The molecule has 5 nitrogen and oxygen atoms in total. The summed E-state index contributed by atoms with van der Waals surface area (Å²) in [6.07, 6.45) is 3.49. The average molecular weight is 320 g/mol. The van der Waals surface area contributed by atoms with Gasteiger partial charge in [-0.25, -0.2) is 8.78 Å². The molecule has 0 aromatic heterocycles. The molecule has 2 fully saturated rings. The lowest BCUT2D eigenvalue weighted by Crippen LogP contribution is -2.45. The Morgan fingerprint density at radius 3 is 2.39 bits per heavy atom. The molecule has 23 heavy (non-hydrogen) atoms. The van der Waals surface area contributed by atoms with Crippen molar-refractivity contribution in [3.63, 3.8) is 0 Å². The van der Waals surface area contributed by atoms with Crippen LogP contribution in [0.1, 0.15) is 24.8 Å². The summed E-state index contributed by atoms with van der Waals surface area (Å²) in [7, 11) is 0. The van der Waals surface area contributed by atoms with Gasteiger partial charge in [-0.05, 0) is 31.1 Å². The van der Waals surface area contributed by atoms with E-state index in [-0.39, 0.29) is 18.0 Å². The highest BCUT2D eigenvalue weighted by atomic mass is 19.1. The molecule has 1 N–H and O–H groups in total. The Bertz CT molecular complexity index is 693. The Morgan fingerprint density at radius 2 is 1.87 bits per heavy atom. The molecule has 1 heterocycles. The summed E-state index contributed by atoms with van der Waals surface area (Å²) in [5, 5.41) is 2.16. The lowest BCUT2D eigenvalue weighted by molar-refractivity contribution is -0.135. The topological polar surface area (TPSA) is 66.5 Å². The van der Waals surface area contributed by atoms with Crippen LogP contribution < -0.4 is 5.32 Å². The second-order valence-electron chi connectivity index (χ2n) is 5.58. The Balaban J connectivity index is 1.81. The van der Waals surface area contributed by atoms with Crippen molar-refractivity contribution in [1.29, 1.82) is 0 Å². The van der Waals surface area contributed by atoms with E-state index in [9.17, 15) is 23.2 Å². The van der Waals surface area contributed by atoms with E-state index in [0.29, 0.717) is 0 Å². The van der Waals surface area contributed by atoms with Gasteiger partial charge in [0, 0.05) is 17.7 Å². The van der Waals surface area contributed by atoms with E-state index in [0.717, 1.165) is 37.1 Å². The molecule has 120 valence electrons. The summed E-state index contributed by atoms with van der Waals surface area (Å²) in [6, 6.07) is 2.45. The van der Waals surface area contributed by atoms with Gasteiger partial charge in [0.2, 0.25) is 17.7 Å². The fourth-order valence-electron chi connectivity index (χ4n) is 2.62. The number of imide groups is 1. The first kappa shape index (κ1) is 15.3. The fourth-order valence-corrected chi connectivity index (χ4v) is 2.62. The third-order valence-electron chi connectivity index (χ3n) is 3.87. The number of hydrogen-bond acceptors (Lipinski definition) is 3. The van der Waals surface area contributed by atoms with Crippen molar-refractivity contribution >= 4 is 23.8 Å². The van der Waals surface area contributed by atoms with Crippen molar-refractivity contribution in [1.82, 2.24) is 10.2 Å². The first-order chi connectivity index (χ1) is 11.0. The van der Waals surface area contributed by atoms with E-state index >= 15 is 0 Å². The maximum absolute atomic E-state index is 13.6. The molecule has 0 spiro atoms. The molecule has 1 aromatic rings. The number of halogens is 2. The summed E-state index contributed by atoms with van der Waals surface area (Å²) in [4.78, 5) is 36.8. The molecule has 1 aliphatic heterocycles. The van der Waals surface area contributed by atoms with Crippen molar-refractivity contribution < 1.29 is 23.2 Å². The molecule has 3 rings (SSSR count). The quantitative estimate of drug-likeness (QED) is 0.673. The molecular formula is C16H14F2N2O3. The van der Waals surface area contributed by atoms with Gasteiger partial charge in [-0.3, -0.25) is 19.7 Å². The van der Waals surface area contributed by atoms with E-state index in [2.05, 4.69) is 5.32 Å². The van der Waals surface area contributed by atoms with E-state index in [1.54, 1.807) is 0 Å². The van der Waals surface area contributed by atoms with E-state index in [4.69, 9.17) is 0 Å². The number of benzene rings is 1. The van der Waals surface area contributed by atoms with Crippen LogP contribution in [0.25, 0.3) is 6.08 Å². The second-order valence-corrected chi connectivity index (χ2v) is 5.58. The maximum Gasteiger partial charge on any atom is 0.249 e. The molecule has 1 saturated heterocycles. The maximum atomic E-state index is 13.6. The minimum Gasteiger partial charge on any atom is -0.324 e. The number of nitrogens with zero attached hydrogens (tertiary/aromatic N) is 1. The van der Waals surface area contributed by atoms with Gasteiger partial charge < -0.3 is 4.90 Å². The first-order valence-corrected chi connectivity index (χ1v) is 7.25. The summed E-state index contributed by atoms with van der Waals surface area (Å²) in [6.45, 7) is 0. The highest BCUT2D eigenvalue weighted by Crippen LogP contribution is 2.31. The highest BCUT2D eigenvalue weighted by molar-refractivity contribution is 6.08. The van der Waals surface area contributed by atoms with Gasteiger partial charge in [-0.15, -0.1) is 0 Å². The Morgan fingerprint density at radius 1 is 1.22 bits per heavy atom. The number of carbonyl (C=O) groups is 3. The molecule has 7 heteroatoms. The molecule has 1 atom stereocenters. The molecule has 0 unspecified atom stereocenters. The van der Waals surface area contributed by atoms with Crippen molar-refractivity contribution in [3.8, 4) is 0 Å². The first-order valence-electron chi connectivity index (χ1n) is 7.25. The van der Waals surface area contributed by atoms with Gasteiger partial charge in [0.05, 0.1) is 6.42 Å². The van der Waals surface area contributed by atoms with Crippen LogP contribution >= 0.6 is 0 Å². The fraction of sp³-hybridized carbons (Fsp3) is 0.312. The number of amides is 3. The molecule has 1 aliphatic carbocycles. The smallest absolute Gasteiger partial charge is 0.249 e. The third-order valence-corrected chi connectivity index (χ3v) is 3.87. The predicted octanol–water partition coefficient (Wildman–Crippen LogP) is 1.38. The lowest BCUT2D eigenvalue weighted by atomic mass is 10.1. The Labute approximate surface area is 131 Å². The molecule has 3 amide bonds. The summed E-state index contributed by atoms with van der Waals surface area (Å²) >= 11 is 0. The van der Waals surface area contributed by atoms with Gasteiger partial charge in [0.1, 0.15) is 17.7 Å². The van der Waals surface area contributed by atoms with Crippen molar-refractivity contribution in [2.24, 2.45) is 0 Å². The largest absolute Gasteiger partial charge is 0.324 e. The number of nitrogens with one attached hydrogen (secondary N) is 1. The summed E-state index contributed by atoms with van der Waals surface area (Å²) in [5.74, 6) is -3.03.